The van der Waals surface area contributed by atoms with Gasteiger partial charge in [-0.25, -0.2) is 9.97 Å². The summed E-state index contributed by atoms with van der Waals surface area (Å²) in [6.45, 7) is 1.34. The van der Waals surface area contributed by atoms with Gasteiger partial charge in [0.25, 0.3) is 5.91 Å². The third kappa shape index (κ3) is 5.42. The molecule has 3 heterocycles. The van der Waals surface area contributed by atoms with Crippen molar-refractivity contribution in [2.24, 2.45) is 0 Å². The molecule has 1 aliphatic rings. The Bertz CT molecular complexity index is 1080. The van der Waals surface area contributed by atoms with Gasteiger partial charge < -0.3 is 10.2 Å². The van der Waals surface area contributed by atoms with Gasteiger partial charge in [-0.05, 0) is 36.6 Å². The predicted octanol–water partition coefficient (Wildman–Crippen LogP) is 5.05. The number of carbonyl (C=O) groups is 2. The zero-order valence-corrected chi connectivity index (χ0v) is 18.9. The van der Waals surface area contributed by atoms with Gasteiger partial charge in [-0.1, -0.05) is 41.4 Å². The lowest BCUT2D eigenvalue weighted by molar-refractivity contribution is -0.131. The molecule has 6 nitrogen and oxygen atoms in total. The van der Waals surface area contributed by atoms with Crippen LogP contribution in [-0.4, -0.2) is 39.8 Å². The first-order valence-electron chi connectivity index (χ1n) is 9.89. The number of carbonyl (C=O) groups excluding carboxylic acids is 2. The smallest absolute Gasteiger partial charge is 0.275 e. The van der Waals surface area contributed by atoms with Crippen molar-refractivity contribution in [3.8, 4) is 0 Å². The lowest BCUT2D eigenvalue weighted by atomic mass is 9.97. The third-order valence-corrected chi connectivity index (χ3v) is 6.84. The summed E-state index contributed by atoms with van der Waals surface area (Å²) in [6, 6.07) is 10.7. The average Bonchev–Trinajstić information content (AvgIpc) is 3.27. The molecule has 2 aromatic heterocycles. The Labute approximate surface area is 194 Å². The molecule has 4 rings (SSSR count). The fourth-order valence-electron chi connectivity index (χ4n) is 3.52. The maximum absolute atomic E-state index is 12.6. The molecule has 9 heteroatoms. The van der Waals surface area contributed by atoms with Crippen molar-refractivity contribution < 1.29 is 9.59 Å². The van der Waals surface area contributed by atoms with Gasteiger partial charge in [0, 0.05) is 29.4 Å². The Morgan fingerprint density at radius 2 is 1.90 bits per heavy atom. The van der Waals surface area contributed by atoms with Crippen molar-refractivity contribution in [3.63, 3.8) is 0 Å². The molecule has 1 saturated heterocycles. The number of hydrogen-bond donors (Lipinski definition) is 1. The first-order chi connectivity index (χ1) is 15.0. The summed E-state index contributed by atoms with van der Waals surface area (Å²) in [5.41, 5.74) is 1.80. The quantitative estimate of drug-likeness (QED) is 0.525. The number of pyridine rings is 1. The monoisotopic (exact) mass is 474 g/mol. The molecule has 1 aromatic carbocycles. The fraction of sp³-hybridized carbons (Fsp3) is 0.273. The number of nitrogens with one attached hydrogen (secondary N) is 1. The summed E-state index contributed by atoms with van der Waals surface area (Å²) in [4.78, 5) is 35.5. The molecule has 0 saturated carbocycles. The zero-order chi connectivity index (χ0) is 21.8. The zero-order valence-electron chi connectivity index (χ0n) is 16.6. The van der Waals surface area contributed by atoms with E-state index in [2.05, 4.69) is 15.3 Å². The number of benzene rings is 1. The van der Waals surface area contributed by atoms with Crippen molar-refractivity contribution in [2.45, 2.75) is 25.2 Å². The predicted molar refractivity (Wildman–Crippen MR) is 123 cm³/mol. The number of likely N-dealkylation sites (tertiary alicyclic amines) is 1. The molecule has 0 aliphatic carbocycles. The molecule has 1 aliphatic heterocycles. The van der Waals surface area contributed by atoms with E-state index < -0.39 is 0 Å². The topological polar surface area (TPSA) is 75.2 Å². The summed E-state index contributed by atoms with van der Waals surface area (Å²) in [5, 5.41) is 6.45. The molecular formula is C22H20Cl2N4O2S. The number of piperidine rings is 1. The minimum atomic E-state index is -0.279. The Morgan fingerprint density at radius 1 is 1.13 bits per heavy atom. The number of amides is 2. The molecular weight excluding hydrogens is 455 g/mol. The van der Waals surface area contributed by atoms with Crippen molar-refractivity contribution in [1.82, 2.24) is 14.9 Å². The second-order valence-electron chi connectivity index (χ2n) is 7.32. The van der Waals surface area contributed by atoms with Crippen LogP contribution in [0.5, 0.6) is 0 Å². The van der Waals surface area contributed by atoms with E-state index in [0.717, 1.165) is 23.4 Å². The molecule has 0 bridgehead atoms. The maximum Gasteiger partial charge on any atom is 0.275 e. The lowest BCUT2D eigenvalue weighted by Crippen LogP contribution is -2.38. The second kappa shape index (κ2) is 9.77. The normalized spacial score (nSPS) is 14.5. The van der Waals surface area contributed by atoms with Crippen LogP contribution in [0.2, 0.25) is 10.2 Å². The van der Waals surface area contributed by atoms with Crippen molar-refractivity contribution in [3.05, 3.63) is 74.4 Å². The number of aromatic nitrogens is 2. The van der Waals surface area contributed by atoms with Crippen LogP contribution in [0.25, 0.3) is 0 Å². The average molecular weight is 475 g/mol. The number of halogens is 2. The van der Waals surface area contributed by atoms with Gasteiger partial charge in [0.1, 0.15) is 10.8 Å². The first kappa shape index (κ1) is 21.7. The Kier molecular flexibility index (Phi) is 6.85. The maximum atomic E-state index is 12.6. The molecule has 0 radical (unpaired) electrons. The van der Waals surface area contributed by atoms with Crippen LogP contribution in [-0.2, 0) is 11.2 Å². The van der Waals surface area contributed by atoms with Crippen LogP contribution < -0.4 is 5.32 Å². The Balaban J connectivity index is 1.31. The molecule has 1 fully saturated rings. The molecule has 2 amide bonds. The van der Waals surface area contributed by atoms with Gasteiger partial charge in [-0.3, -0.25) is 9.59 Å². The number of rotatable bonds is 5. The highest BCUT2D eigenvalue weighted by molar-refractivity contribution is 7.10. The molecule has 0 atom stereocenters. The van der Waals surface area contributed by atoms with Crippen LogP contribution in [0.4, 0.5) is 5.69 Å². The van der Waals surface area contributed by atoms with Gasteiger partial charge in [-0.2, -0.15) is 0 Å². The molecule has 31 heavy (non-hydrogen) atoms. The van der Waals surface area contributed by atoms with Crippen LogP contribution in [0, 0.1) is 0 Å². The Hall–Kier alpha value is -2.48. The second-order valence-corrected chi connectivity index (χ2v) is 9.00. The molecule has 160 valence electrons. The van der Waals surface area contributed by atoms with Crippen LogP contribution >= 0.6 is 34.5 Å². The number of anilines is 1. The van der Waals surface area contributed by atoms with Gasteiger partial charge in [-0.15, -0.1) is 11.3 Å². The molecule has 0 spiro atoms. The minimum absolute atomic E-state index is 0.0855. The van der Waals surface area contributed by atoms with Gasteiger partial charge in [0.15, 0.2) is 0 Å². The van der Waals surface area contributed by atoms with E-state index in [9.17, 15) is 9.59 Å². The van der Waals surface area contributed by atoms with Gasteiger partial charge >= 0.3 is 0 Å². The number of nitrogens with zero attached hydrogens (tertiary/aromatic N) is 3. The van der Waals surface area contributed by atoms with E-state index in [-0.39, 0.29) is 17.7 Å². The van der Waals surface area contributed by atoms with E-state index in [0.29, 0.717) is 41.1 Å². The van der Waals surface area contributed by atoms with Crippen molar-refractivity contribution >= 4 is 52.0 Å². The highest BCUT2D eigenvalue weighted by Gasteiger charge is 2.26. The van der Waals surface area contributed by atoms with Crippen LogP contribution in [0.3, 0.4) is 0 Å². The summed E-state index contributed by atoms with van der Waals surface area (Å²) in [5.74, 6) is 0.0504. The van der Waals surface area contributed by atoms with E-state index >= 15 is 0 Å². The number of thiazole rings is 1. The first-order valence-corrected chi connectivity index (χ1v) is 11.5. The molecule has 3 aromatic rings. The van der Waals surface area contributed by atoms with Crippen LogP contribution in [0.1, 0.15) is 39.8 Å². The van der Waals surface area contributed by atoms with E-state index in [1.165, 1.54) is 17.5 Å². The largest absolute Gasteiger partial charge is 0.342 e. The summed E-state index contributed by atoms with van der Waals surface area (Å²) in [6.07, 6.45) is 3.46. The highest BCUT2D eigenvalue weighted by atomic mass is 35.5. The minimum Gasteiger partial charge on any atom is -0.342 e. The van der Waals surface area contributed by atoms with E-state index in [1.807, 2.05) is 23.1 Å². The molecule has 1 N–H and O–H groups in total. The molecule has 0 unspecified atom stereocenters. The Morgan fingerprint density at radius 3 is 2.61 bits per heavy atom. The van der Waals surface area contributed by atoms with E-state index in [4.69, 9.17) is 23.2 Å². The van der Waals surface area contributed by atoms with Gasteiger partial charge in [0.05, 0.1) is 23.3 Å². The number of hydrogen-bond acceptors (Lipinski definition) is 5. The van der Waals surface area contributed by atoms with Crippen molar-refractivity contribution in [1.29, 1.82) is 0 Å². The fourth-order valence-corrected chi connectivity index (χ4v) is 4.80. The summed E-state index contributed by atoms with van der Waals surface area (Å²) >= 11 is 13.4. The summed E-state index contributed by atoms with van der Waals surface area (Å²) in [7, 11) is 0. The lowest BCUT2D eigenvalue weighted by Gasteiger charge is -2.31. The standard InChI is InChI=1S/C22H20Cl2N4O2S/c23-17-4-2-1-3-15(17)11-20(29)28-9-7-14(8-10-28)22-27-18(13-31-22)21(30)26-16-5-6-19(24)25-12-16/h1-6,12-14H,7-11H2,(H,26,30). The van der Waals surface area contributed by atoms with E-state index in [1.54, 1.807) is 23.6 Å². The van der Waals surface area contributed by atoms with Crippen molar-refractivity contribution in [2.75, 3.05) is 18.4 Å². The van der Waals surface area contributed by atoms with Gasteiger partial charge in [0.2, 0.25) is 5.91 Å². The highest BCUT2D eigenvalue weighted by Crippen LogP contribution is 2.31. The SMILES string of the molecule is O=C(Nc1ccc(Cl)nc1)c1csc(C2CCN(C(=O)Cc3ccccc3Cl)CC2)n1. The summed E-state index contributed by atoms with van der Waals surface area (Å²) < 4.78 is 0. The third-order valence-electron chi connectivity index (χ3n) is 5.24. The van der Waals surface area contributed by atoms with Crippen LogP contribution in [0.15, 0.2) is 48.0 Å².